The van der Waals surface area contributed by atoms with Crippen LogP contribution in [0.5, 0.6) is 0 Å². The lowest BCUT2D eigenvalue weighted by Crippen LogP contribution is -2.56. The van der Waals surface area contributed by atoms with E-state index in [1.165, 1.54) is 0 Å². The molecule has 0 unspecified atom stereocenters. The predicted octanol–water partition coefficient (Wildman–Crippen LogP) is 1.36. The second kappa shape index (κ2) is 6.20. The second-order valence-electron chi connectivity index (χ2n) is 5.04. The summed E-state index contributed by atoms with van der Waals surface area (Å²) in [6.07, 6.45) is -1.09. The van der Waals surface area contributed by atoms with E-state index in [1.807, 2.05) is 30.3 Å². The Hall–Kier alpha value is -0.980. The zero-order valence-electron chi connectivity index (χ0n) is 11.7. The largest absolute Gasteiger partial charge is 0.376 e. The van der Waals surface area contributed by atoms with Gasteiger partial charge in [0.1, 0.15) is 24.4 Å². The van der Waals surface area contributed by atoms with Crippen LogP contribution < -0.4 is 0 Å². The molecular formula is C15H20O5. The van der Waals surface area contributed by atoms with Crippen LogP contribution in [0, 0.1) is 0 Å². The molecule has 0 aromatic heterocycles. The maximum Gasteiger partial charge on any atom is 0.187 e. The van der Waals surface area contributed by atoms with Crippen molar-refractivity contribution in [3.8, 4) is 0 Å². The van der Waals surface area contributed by atoms with Crippen LogP contribution in [-0.4, -0.2) is 51.5 Å². The smallest absolute Gasteiger partial charge is 0.187 e. The van der Waals surface area contributed by atoms with Crippen molar-refractivity contribution >= 4 is 0 Å². The molecule has 0 saturated carbocycles. The lowest BCUT2D eigenvalue weighted by molar-refractivity contribution is -0.253. The molecule has 1 aromatic carbocycles. The van der Waals surface area contributed by atoms with Crippen LogP contribution in [0.2, 0.25) is 0 Å². The maximum atomic E-state index is 6.02. The Morgan fingerprint density at radius 3 is 2.50 bits per heavy atom. The lowest BCUT2D eigenvalue weighted by Gasteiger charge is -2.39. The minimum Gasteiger partial charge on any atom is -0.376 e. The van der Waals surface area contributed by atoms with Crippen molar-refractivity contribution in [3.63, 3.8) is 0 Å². The third-order valence-corrected chi connectivity index (χ3v) is 3.85. The molecule has 3 rings (SSSR count). The highest BCUT2D eigenvalue weighted by Crippen LogP contribution is 2.33. The van der Waals surface area contributed by atoms with Gasteiger partial charge in [0.25, 0.3) is 0 Å². The van der Waals surface area contributed by atoms with E-state index in [0.717, 1.165) is 5.56 Å². The quantitative estimate of drug-likeness (QED) is 0.815. The summed E-state index contributed by atoms with van der Waals surface area (Å²) >= 11 is 0. The Morgan fingerprint density at radius 2 is 1.80 bits per heavy atom. The summed E-state index contributed by atoms with van der Waals surface area (Å²) in [7, 11) is 3.30. The summed E-state index contributed by atoms with van der Waals surface area (Å²) in [4.78, 5) is 0. The van der Waals surface area contributed by atoms with Crippen molar-refractivity contribution in [2.24, 2.45) is 0 Å². The molecule has 0 spiro atoms. The topological polar surface area (TPSA) is 46.2 Å². The third-order valence-electron chi connectivity index (χ3n) is 3.85. The van der Waals surface area contributed by atoms with Crippen LogP contribution in [0.15, 0.2) is 30.3 Å². The average molecular weight is 280 g/mol. The number of hydrogen-bond donors (Lipinski definition) is 0. The summed E-state index contributed by atoms with van der Waals surface area (Å²) in [5.74, 6) is 0. The Labute approximate surface area is 118 Å². The van der Waals surface area contributed by atoms with Crippen molar-refractivity contribution < 1.29 is 23.7 Å². The highest BCUT2D eigenvalue weighted by atomic mass is 16.8. The summed E-state index contributed by atoms with van der Waals surface area (Å²) in [5, 5.41) is 0. The van der Waals surface area contributed by atoms with Gasteiger partial charge in [0.2, 0.25) is 0 Å². The highest BCUT2D eigenvalue weighted by molar-refractivity contribution is 5.13. The SMILES string of the molecule is CO[C@H]1[C@@H](OC)[C@@H]2OC[C@@H](O2)[C@H]1OCc1ccccc1. The molecule has 2 aliphatic heterocycles. The van der Waals surface area contributed by atoms with Gasteiger partial charge in [0.05, 0.1) is 13.2 Å². The summed E-state index contributed by atoms with van der Waals surface area (Å²) in [6.45, 7) is 1.04. The zero-order chi connectivity index (χ0) is 13.9. The molecule has 0 N–H and O–H groups in total. The Morgan fingerprint density at radius 1 is 1.05 bits per heavy atom. The fourth-order valence-electron chi connectivity index (χ4n) is 2.82. The van der Waals surface area contributed by atoms with Gasteiger partial charge >= 0.3 is 0 Å². The molecule has 2 fully saturated rings. The van der Waals surface area contributed by atoms with E-state index in [4.69, 9.17) is 23.7 Å². The van der Waals surface area contributed by atoms with E-state index in [-0.39, 0.29) is 30.7 Å². The van der Waals surface area contributed by atoms with Crippen LogP contribution >= 0.6 is 0 Å². The Kier molecular flexibility index (Phi) is 4.33. The number of fused-ring (bicyclic) bond motifs is 2. The van der Waals surface area contributed by atoms with Crippen LogP contribution in [0.4, 0.5) is 0 Å². The first-order chi connectivity index (χ1) is 9.83. The normalized spacial score (nSPS) is 36.2. The number of hydrogen-bond acceptors (Lipinski definition) is 5. The summed E-state index contributed by atoms with van der Waals surface area (Å²) in [5.41, 5.74) is 1.12. The van der Waals surface area contributed by atoms with Gasteiger partial charge in [0, 0.05) is 14.2 Å². The summed E-state index contributed by atoms with van der Waals surface area (Å²) in [6, 6.07) is 10.1. The highest BCUT2D eigenvalue weighted by Gasteiger charge is 2.52. The molecule has 2 aliphatic rings. The molecular weight excluding hydrogens is 260 g/mol. The van der Waals surface area contributed by atoms with Gasteiger partial charge in [-0.1, -0.05) is 30.3 Å². The fraction of sp³-hybridized carbons (Fsp3) is 0.600. The van der Waals surface area contributed by atoms with E-state index >= 15 is 0 Å². The van der Waals surface area contributed by atoms with Crippen molar-refractivity contribution in [3.05, 3.63) is 35.9 Å². The van der Waals surface area contributed by atoms with E-state index in [1.54, 1.807) is 14.2 Å². The molecule has 5 atom stereocenters. The average Bonchev–Trinajstić information content (AvgIpc) is 2.92. The fourth-order valence-corrected chi connectivity index (χ4v) is 2.82. The minimum atomic E-state index is -0.355. The summed E-state index contributed by atoms with van der Waals surface area (Å²) < 4.78 is 28.4. The standard InChI is InChI=1S/C15H20O5/c1-16-13-12(18-8-10-6-4-3-5-7-10)11-9-19-15(20-11)14(13)17-2/h3-7,11-15H,8-9H2,1-2H3/t11-,12-,13-,14-,15-/m1/s1. The van der Waals surface area contributed by atoms with Crippen molar-refractivity contribution in [2.45, 2.75) is 37.3 Å². The van der Waals surface area contributed by atoms with Gasteiger partial charge in [-0.15, -0.1) is 0 Å². The van der Waals surface area contributed by atoms with E-state index in [9.17, 15) is 0 Å². The maximum absolute atomic E-state index is 6.02. The first-order valence-corrected chi connectivity index (χ1v) is 6.81. The molecule has 0 aliphatic carbocycles. The second-order valence-corrected chi connectivity index (χ2v) is 5.04. The molecule has 5 nitrogen and oxygen atoms in total. The molecule has 5 heteroatoms. The first kappa shape index (κ1) is 14.0. The molecule has 0 amide bonds. The molecule has 110 valence electrons. The van der Waals surface area contributed by atoms with Gasteiger partial charge in [-0.3, -0.25) is 0 Å². The number of methoxy groups -OCH3 is 2. The minimum absolute atomic E-state index is 0.0972. The van der Waals surface area contributed by atoms with Gasteiger partial charge in [-0.25, -0.2) is 0 Å². The first-order valence-electron chi connectivity index (χ1n) is 6.81. The monoisotopic (exact) mass is 280 g/mol. The lowest BCUT2D eigenvalue weighted by atomic mass is 10.0. The van der Waals surface area contributed by atoms with E-state index in [0.29, 0.717) is 13.2 Å². The van der Waals surface area contributed by atoms with Gasteiger partial charge in [0.15, 0.2) is 6.29 Å². The predicted molar refractivity (Wildman–Crippen MR) is 71.2 cm³/mol. The van der Waals surface area contributed by atoms with E-state index in [2.05, 4.69) is 0 Å². The zero-order valence-corrected chi connectivity index (χ0v) is 11.7. The van der Waals surface area contributed by atoms with E-state index < -0.39 is 0 Å². The molecule has 2 saturated heterocycles. The number of rotatable bonds is 5. The Balaban J connectivity index is 1.69. The van der Waals surface area contributed by atoms with Gasteiger partial charge < -0.3 is 23.7 Å². The van der Waals surface area contributed by atoms with Gasteiger partial charge in [-0.2, -0.15) is 0 Å². The van der Waals surface area contributed by atoms with Crippen LogP contribution in [-0.2, 0) is 30.3 Å². The third kappa shape index (κ3) is 2.60. The molecule has 0 radical (unpaired) electrons. The molecule has 1 aromatic rings. The Bertz CT molecular complexity index is 424. The van der Waals surface area contributed by atoms with Crippen LogP contribution in [0.1, 0.15) is 5.56 Å². The molecule has 2 heterocycles. The number of benzene rings is 1. The van der Waals surface area contributed by atoms with Crippen LogP contribution in [0.25, 0.3) is 0 Å². The van der Waals surface area contributed by atoms with Crippen molar-refractivity contribution in [2.75, 3.05) is 20.8 Å². The molecule has 20 heavy (non-hydrogen) atoms. The molecule has 2 bridgehead atoms. The van der Waals surface area contributed by atoms with Crippen LogP contribution in [0.3, 0.4) is 0 Å². The van der Waals surface area contributed by atoms with Crippen molar-refractivity contribution in [1.29, 1.82) is 0 Å². The number of ether oxygens (including phenoxy) is 5. The van der Waals surface area contributed by atoms with Crippen molar-refractivity contribution in [1.82, 2.24) is 0 Å². The van der Waals surface area contributed by atoms with Gasteiger partial charge in [-0.05, 0) is 5.56 Å².